The van der Waals surface area contributed by atoms with Crippen LogP contribution in [0.15, 0.2) is 12.5 Å². The minimum atomic E-state index is -1.13. The van der Waals surface area contributed by atoms with Crippen molar-refractivity contribution in [3.8, 4) is 0 Å². The largest absolute Gasteiger partial charge is 0.480 e. The highest BCUT2D eigenvalue weighted by Gasteiger charge is 2.20. The molecule has 4 N–H and O–H groups in total. The van der Waals surface area contributed by atoms with E-state index in [2.05, 4.69) is 20.6 Å². The molecule has 2 amide bonds. The first-order valence-electron chi connectivity index (χ1n) is 6.12. The second-order valence-electron chi connectivity index (χ2n) is 4.00. The molecule has 0 radical (unpaired) electrons. The summed E-state index contributed by atoms with van der Waals surface area (Å²) < 4.78 is 11.2. The lowest BCUT2D eigenvalue weighted by molar-refractivity contribution is -0.139. The molecule has 1 unspecified atom stereocenters. The predicted molar refractivity (Wildman–Crippen MR) is 73.8 cm³/mol. The monoisotopic (exact) mass is 302 g/mol. The number of hydrogen-bond donors (Lipinski definition) is 4. The Bertz CT molecular complexity index is 463. The van der Waals surface area contributed by atoms with Crippen LogP contribution < -0.4 is 10.6 Å². The maximum atomic E-state index is 11.5. The van der Waals surface area contributed by atoms with Crippen molar-refractivity contribution in [1.29, 1.82) is 0 Å². The number of aromatic amines is 1. The van der Waals surface area contributed by atoms with Gasteiger partial charge in [0.25, 0.3) is 0 Å². The molecule has 0 aliphatic carbocycles. The van der Waals surface area contributed by atoms with E-state index in [0.29, 0.717) is 17.2 Å². The van der Waals surface area contributed by atoms with Crippen LogP contribution in [-0.2, 0) is 22.0 Å². The molecular formula is C11H18N4O4S. The first-order chi connectivity index (χ1) is 9.52. The van der Waals surface area contributed by atoms with Crippen LogP contribution in [0.3, 0.4) is 0 Å². The van der Waals surface area contributed by atoms with Crippen molar-refractivity contribution in [2.75, 3.05) is 18.1 Å². The zero-order valence-electron chi connectivity index (χ0n) is 11.1. The fraction of sp³-hybridized carbons (Fsp3) is 0.545. The Morgan fingerprint density at radius 2 is 2.30 bits per heavy atom. The normalized spacial score (nSPS) is 13.4. The first kappa shape index (κ1) is 16.2. The van der Waals surface area contributed by atoms with Gasteiger partial charge in [-0.1, -0.05) is 6.92 Å². The molecule has 20 heavy (non-hydrogen) atoms. The topological polar surface area (TPSA) is 124 Å². The van der Waals surface area contributed by atoms with Crippen molar-refractivity contribution >= 4 is 22.8 Å². The van der Waals surface area contributed by atoms with E-state index < -0.39 is 28.8 Å². The molecule has 1 aromatic heterocycles. The van der Waals surface area contributed by atoms with Gasteiger partial charge in [-0.05, 0) is 0 Å². The van der Waals surface area contributed by atoms with Crippen molar-refractivity contribution in [3.05, 3.63) is 18.2 Å². The third kappa shape index (κ3) is 5.83. The SMILES string of the molecule is CCS(=O)CCNC(=O)N[C@@H](Cc1cnc[nH]1)C(=O)O. The molecule has 0 fully saturated rings. The average molecular weight is 302 g/mol. The highest BCUT2D eigenvalue weighted by Crippen LogP contribution is 1.98. The van der Waals surface area contributed by atoms with Gasteiger partial charge in [-0.2, -0.15) is 0 Å². The van der Waals surface area contributed by atoms with Gasteiger partial charge in [0, 0.05) is 47.2 Å². The van der Waals surface area contributed by atoms with Crippen molar-refractivity contribution in [2.45, 2.75) is 19.4 Å². The van der Waals surface area contributed by atoms with E-state index >= 15 is 0 Å². The Labute approximate surface area is 118 Å². The van der Waals surface area contributed by atoms with Gasteiger partial charge in [-0.3, -0.25) is 4.21 Å². The Morgan fingerprint density at radius 1 is 1.55 bits per heavy atom. The summed E-state index contributed by atoms with van der Waals surface area (Å²) in [7, 11) is -0.963. The van der Waals surface area contributed by atoms with Crippen molar-refractivity contribution < 1.29 is 18.9 Å². The van der Waals surface area contributed by atoms with Gasteiger partial charge in [0.2, 0.25) is 0 Å². The molecule has 0 bridgehead atoms. The fourth-order valence-corrected chi connectivity index (χ4v) is 2.07. The lowest BCUT2D eigenvalue weighted by atomic mass is 10.2. The van der Waals surface area contributed by atoms with Crippen molar-refractivity contribution in [3.63, 3.8) is 0 Å². The van der Waals surface area contributed by atoms with Gasteiger partial charge < -0.3 is 20.7 Å². The molecular weight excluding hydrogens is 284 g/mol. The van der Waals surface area contributed by atoms with E-state index in [9.17, 15) is 13.8 Å². The van der Waals surface area contributed by atoms with E-state index in [-0.39, 0.29) is 13.0 Å². The van der Waals surface area contributed by atoms with E-state index in [4.69, 9.17) is 5.11 Å². The molecule has 2 atom stereocenters. The third-order valence-corrected chi connectivity index (χ3v) is 3.82. The second kappa shape index (κ2) is 8.31. The Hall–Kier alpha value is -1.90. The number of amides is 2. The number of carbonyl (C=O) groups excluding carboxylic acids is 1. The van der Waals surface area contributed by atoms with E-state index in [1.807, 2.05) is 0 Å². The molecule has 1 aromatic rings. The van der Waals surface area contributed by atoms with Gasteiger partial charge in [-0.15, -0.1) is 0 Å². The van der Waals surface area contributed by atoms with Crippen LogP contribution in [0, 0.1) is 0 Å². The summed E-state index contributed by atoms with van der Waals surface area (Å²) in [5.74, 6) is -0.254. The number of carbonyl (C=O) groups is 2. The molecule has 0 aliphatic heterocycles. The Kier molecular flexibility index (Phi) is 6.71. The van der Waals surface area contributed by atoms with Crippen LogP contribution in [0.2, 0.25) is 0 Å². The summed E-state index contributed by atoms with van der Waals surface area (Å²) >= 11 is 0. The molecule has 0 saturated carbocycles. The van der Waals surface area contributed by atoms with Crippen molar-refractivity contribution in [1.82, 2.24) is 20.6 Å². The van der Waals surface area contributed by atoms with E-state index in [1.54, 1.807) is 6.92 Å². The maximum absolute atomic E-state index is 11.5. The predicted octanol–water partition coefficient (Wildman–Crippen LogP) is -0.527. The Morgan fingerprint density at radius 3 is 2.85 bits per heavy atom. The molecule has 8 nitrogen and oxygen atoms in total. The highest BCUT2D eigenvalue weighted by atomic mass is 32.2. The first-order valence-corrected chi connectivity index (χ1v) is 7.61. The number of carboxylic acids is 1. The number of hydrogen-bond acceptors (Lipinski definition) is 4. The van der Waals surface area contributed by atoms with Gasteiger partial charge in [-0.25, -0.2) is 14.6 Å². The minimum Gasteiger partial charge on any atom is -0.480 e. The smallest absolute Gasteiger partial charge is 0.326 e. The maximum Gasteiger partial charge on any atom is 0.326 e. The van der Waals surface area contributed by atoms with Crippen LogP contribution in [0.1, 0.15) is 12.6 Å². The quantitative estimate of drug-likeness (QED) is 0.514. The number of carboxylic acid groups (broad SMARTS) is 1. The number of H-pyrrole nitrogens is 1. The van der Waals surface area contributed by atoms with Crippen molar-refractivity contribution in [2.24, 2.45) is 0 Å². The molecule has 112 valence electrons. The summed E-state index contributed by atoms with van der Waals surface area (Å²) in [5.41, 5.74) is 0.616. The standard InChI is InChI=1S/C11H18N4O4S/c1-2-20(19)4-3-13-11(18)15-9(10(16)17)5-8-6-12-7-14-8/h6-7,9H,2-5H2,1H3,(H,12,14)(H,16,17)(H2,13,15,18)/t9-,20?/m0/s1. The summed E-state index contributed by atoms with van der Waals surface area (Å²) in [6.07, 6.45) is 3.05. The molecule has 9 heteroatoms. The summed E-state index contributed by atoms with van der Waals surface area (Å²) in [6, 6.07) is -1.64. The van der Waals surface area contributed by atoms with Gasteiger partial charge in [0.1, 0.15) is 6.04 Å². The number of aliphatic carboxylic acids is 1. The molecule has 1 heterocycles. The van der Waals surface area contributed by atoms with Crippen LogP contribution in [0.5, 0.6) is 0 Å². The molecule has 0 aliphatic rings. The number of nitrogens with zero attached hydrogens (tertiary/aromatic N) is 1. The van der Waals surface area contributed by atoms with E-state index in [1.165, 1.54) is 12.5 Å². The Balaban J connectivity index is 2.39. The summed E-state index contributed by atoms with van der Waals surface area (Å²) in [5, 5.41) is 13.9. The van der Waals surface area contributed by atoms with E-state index in [0.717, 1.165) is 0 Å². The van der Waals surface area contributed by atoms with Crippen LogP contribution in [0.25, 0.3) is 0 Å². The number of aromatic nitrogens is 2. The van der Waals surface area contributed by atoms with Crippen LogP contribution in [-0.4, -0.2) is 55.4 Å². The molecule has 0 aromatic carbocycles. The number of urea groups is 1. The molecule has 0 saturated heterocycles. The summed E-state index contributed by atoms with van der Waals surface area (Å²) in [6.45, 7) is 2.03. The van der Waals surface area contributed by atoms with Gasteiger partial charge >= 0.3 is 12.0 Å². The number of imidazole rings is 1. The highest BCUT2D eigenvalue weighted by molar-refractivity contribution is 7.84. The fourth-order valence-electron chi connectivity index (χ4n) is 1.45. The molecule has 0 spiro atoms. The second-order valence-corrected chi connectivity index (χ2v) is 5.87. The number of rotatable bonds is 8. The third-order valence-electron chi connectivity index (χ3n) is 2.52. The molecule has 1 rings (SSSR count). The van der Waals surface area contributed by atoms with Gasteiger partial charge in [0.15, 0.2) is 0 Å². The lowest BCUT2D eigenvalue weighted by Gasteiger charge is -2.14. The number of nitrogens with one attached hydrogen (secondary N) is 3. The zero-order chi connectivity index (χ0) is 15.0. The summed E-state index contributed by atoms with van der Waals surface area (Å²) in [4.78, 5) is 29.2. The van der Waals surface area contributed by atoms with Crippen LogP contribution >= 0.6 is 0 Å². The van der Waals surface area contributed by atoms with Crippen LogP contribution in [0.4, 0.5) is 4.79 Å². The zero-order valence-corrected chi connectivity index (χ0v) is 11.9. The average Bonchev–Trinajstić information content (AvgIpc) is 2.90. The minimum absolute atomic E-state index is 0.115. The van der Waals surface area contributed by atoms with Gasteiger partial charge in [0.05, 0.1) is 6.33 Å². The lowest BCUT2D eigenvalue weighted by Crippen LogP contribution is -2.47.